The van der Waals surface area contributed by atoms with Crippen molar-refractivity contribution < 1.29 is 0 Å². The average Bonchev–Trinajstić information content (AvgIpc) is 3.16. The SMILES string of the molecule is CCC(C)Nc1nc(N(C)C)nc(-n2cnc(SCc3ccc(Cl)cc3)n2)n1. The summed E-state index contributed by atoms with van der Waals surface area (Å²) in [5.74, 6) is 2.26. The number of anilines is 2. The number of aromatic nitrogens is 6. The van der Waals surface area contributed by atoms with Crippen LogP contribution in [0.5, 0.6) is 0 Å². The van der Waals surface area contributed by atoms with E-state index < -0.39 is 0 Å². The molecule has 1 N–H and O–H groups in total. The van der Waals surface area contributed by atoms with E-state index in [0.29, 0.717) is 23.0 Å². The van der Waals surface area contributed by atoms with Crippen LogP contribution in [0.25, 0.3) is 5.95 Å². The molecule has 0 fully saturated rings. The van der Waals surface area contributed by atoms with Crippen LogP contribution in [0.15, 0.2) is 35.7 Å². The van der Waals surface area contributed by atoms with Crippen molar-refractivity contribution in [1.29, 1.82) is 0 Å². The van der Waals surface area contributed by atoms with Gasteiger partial charge in [0.1, 0.15) is 6.33 Å². The van der Waals surface area contributed by atoms with Crippen LogP contribution in [0.2, 0.25) is 5.02 Å². The molecule has 0 aliphatic carbocycles. The largest absolute Gasteiger partial charge is 0.352 e. The maximum atomic E-state index is 5.93. The van der Waals surface area contributed by atoms with Crippen LogP contribution in [0, 0.1) is 0 Å². The first-order valence-corrected chi connectivity index (χ1v) is 10.3. The highest BCUT2D eigenvalue weighted by Gasteiger charge is 2.13. The maximum Gasteiger partial charge on any atom is 0.258 e. The zero-order valence-corrected chi connectivity index (χ0v) is 17.9. The zero-order valence-electron chi connectivity index (χ0n) is 16.3. The summed E-state index contributed by atoms with van der Waals surface area (Å²) in [5.41, 5.74) is 1.15. The van der Waals surface area contributed by atoms with E-state index in [1.165, 1.54) is 0 Å². The molecule has 1 unspecified atom stereocenters. The van der Waals surface area contributed by atoms with Gasteiger partial charge in [0.05, 0.1) is 0 Å². The van der Waals surface area contributed by atoms with Crippen molar-refractivity contribution in [2.75, 3.05) is 24.3 Å². The standard InChI is InChI=1S/C18H23ClN8S/c1-5-12(2)21-15-22-16(26(3)4)24-17(23-15)27-11-20-18(25-27)28-10-13-6-8-14(19)9-7-13/h6-9,11-12H,5,10H2,1-4H3,(H,21,22,23,24). The fourth-order valence-corrected chi connectivity index (χ4v) is 3.06. The summed E-state index contributed by atoms with van der Waals surface area (Å²) in [7, 11) is 3.78. The number of halogens is 1. The lowest BCUT2D eigenvalue weighted by molar-refractivity contribution is 0.731. The smallest absolute Gasteiger partial charge is 0.258 e. The molecule has 3 rings (SSSR count). The van der Waals surface area contributed by atoms with Gasteiger partial charge in [0.2, 0.25) is 17.1 Å². The van der Waals surface area contributed by atoms with Gasteiger partial charge < -0.3 is 10.2 Å². The van der Waals surface area contributed by atoms with Crippen molar-refractivity contribution in [3.63, 3.8) is 0 Å². The Labute approximate surface area is 173 Å². The topological polar surface area (TPSA) is 84.7 Å². The van der Waals surface area contributed by atoms with Gasteiger partial charge in [0.25, 0.3) is 5.95 Å². The molecule has 1 aromatic carbocycles. The molecule has 2 aromatic heterocycles. The van der Waals surface area contributed by atoms with E-state index >= 15 is 0 Å². The van der Waals surface area contributed by atoms with E-state index in [1.807, 2.05) is 43.3 Å². The van der Waals surface area contributed by atoms with E-state index in [-0.39, 0.29) is 6.04 Å². The van der Waals surface area contributed by atoms with Crippen LogP contribution < -0.4 is 10.2 Å². The minimum absolute atomic E-state index is 0.256. The maximum absolute atomic E-state index is 5.93. The third-order valence-electron chi connectivity index (χ3n) is 3.96. The molecule has 0 saturated heterocycles. The molecule has 148 valence electrons. The second-order valence-electron chi connectivity index (χ2n) is 6.49. The van der Waals surface area contributed by atoms with Crippen LogP contribution in [0.4, 0.5) is 11.9 Å². The predicted octanol–water partition coefficient (Wildman–Crippen LogP) is 3.67. The Bertz CT molecular complexity index is 912. The molecular weight excluding hydrogens is 396 g/mol. The number of nitrogens with zero attached hydrogens (tertiary/aromatic N) is 7. The molecule has 1 atom stereocenters. The Morgan fingerprint density at radius 2 is 1.93 bits per heavy atom. The summed E-state index contributed by atoms with van der Waals surface area (Å²) in [6, 6.07) is 8.00. The van der Waals surface area contributed by atoms with Gasteiger partial charge in [-0.25, -0.2) is 4.98 Å². The molecule has 0 saturated carbocycles. The van der Waals surface area contributed by atoms with Crippen molar-refractivity contribution in [3.8, 4) is 5.95 Å². The Kier molecular flexibility index (Phi) is 6.69. The number of hydrogen-bond acceptors (Lipinski definition) is 8. The van der Waals surface area contributed by atoms with Crippen LogP contribution in [-0.2, 0) is 5.75 Å². The Morgan fingerprint density at radius 1 is 1.18 bits per heavy atom. The van der Waals surface area contributed by atoms with Crippen molar-refractivity contribution >= 4 is 35.3 Å². The number of nitrogens with one attached hydrogen (secondary N) is 1. The minimum Gasteiger partial charge on any atom is -0.352 e. The van der Waals surface area contributed by atoms with Crippen LogP contribution in [-0.4, -0.2) is 49.9 Å². The van der Waals surface area contributed by atoms with Crippen LogP contribution >= 0.6 is 23.4 Å². The summed E-state index contributed by atoms with van der Waals surface area (Å²) >= 11 is 7.47. The van der Waals surface area contributed by atoms with Gasteiger partial charge in [0.15, 0.2) is 0 Å². The van der Waals surface area contributed by atoms with Crippen LogP contribution in [0.1, 0.15) is 25.8 Å². The summed E-state index contributed by atoms with van der Waals surface area (Å²) in [6.45, 7) is 4.19. The highest BCUT2D eigenvalue weighted by atomic mass is 35.5. The summed E-state index contributed by atoms with van der Waals surface area (Å²) < 4.78 is 1.57. The summed E-state index contributed by atoms with van der Waals surface area (Å²) in [6.07, 6.45) is 2.58. The van der Waals surface area contributed by atoms with Gasteiger partial charge in [-0.1, -0.05) is 42.4 Å². The van der Waals surface area contributed by atoms with Crippen molar-refractivity contribution in [3.05, 3.63) is 41.2 Å². The molecule has 0 bridgehead atoms. The van der Waals surface area contributed by atoms with Crippen molar-refractivity contribution in [1.82, 2.24) is 29.7 Å². The summed E-state index contributed by atoms with van der Waals surface area (Å²) in [4.78, 5) is 19.6. The zero-order chi connectivity index (χ0) is 20.1. The molecule has 0 amide bonds. The first-order chi connectivity index (χ1) is 13.4. The Morgan fingerprint density at radius 3 is 2.61 bits per heavy atom. The monoisotopic (exact) mass is 418 g/mol. The number of thioether (sulfide) groups is 1. The third kappa shape index (κ3) is 5.32. The number of rotatable bonds is 8. The number of hydrogen-bond donors (Lipinski definition) is 1. The van der Waals surface area contributed by atoms with Crippen molar-refractivity contribution in [2.45, 2.75) is 37.2 Å². The lowest BCUT2D eigenvalue weighted by Gasteiger charge is -2.15. The molecule has 0 aliphatic rings. The lowest BCUT2D eigenvalue weighted by Crippen LogP contribution is -2.21. The fraction of sp³-hybridized carbons (Fsp3) is 0.389. The highest BCUT2D eigenvalue weighted by molar-refractivity contribution is 7.98. The molecule has 0 spiro atoms. The van der Waals surface area contributed by atoms with Gasteiger partial charge in [-0.3, -0.25) is 0 Å². The van der Waals surface area contributed by atoms with E-state index in [4.69, 9.17) is 11.6 Å². The van der Waals surface area contributed by atoms with Crippen molar-refractivity contribution in [2.24, 2.45) is 0 Å². The lowest BCUT2D eigenvalue weighted by atomic mass is 10.2. The van der Waals surface area contributed by atoms with E-state index in [2.05, 4.69) is 44.2 Å². The van der Waals surface area contributed by atoms with Gasteiger partial charge in [-0.15, -0.1) is 5.10 Å². The van der Waals surface area contributed by atoms with E-state index in [9.17, 15) is 0 Å². The Balaban J connectivity index is 1.78. The first-order valence-electron chi connectivity index (χ1n) is 8.93. The minimum atomic E-state index is 0.256. The Hall–Kier alpha value is -2.39. The first kappa shape index (κ1) is 20.3. The average molecular weight is 419 g/mol. The van der Waals surface area contributed by atoms with Gasteiger partial charge in [-0.05, 0) is 31.0 Å². The molecular formula is C18H23ClN8S. The molecule has 3 aromatic rings. The molecule has 28 heavy (non-hydrogen) atoms. The van der Waals surface area contributed by atoms with Gasteiger partial charge in [0, 0.05) is 30.9 Å². The number of benzene rings is 1. The van der Waals surface area contributed by atoms with E-state index in [0.717, 1.165) is 22.8 Å². The van der Waals surface area contributed by atoms with Crippen LogP contribution in [0.3, 0.4) is 0 Å². The van der Waals surface area contributed by atoms with Gasteiger partial charge >= 0.3 is 0 Å². The fourth-order valence-electron chi connectivity index (χ4n) is 2.18. The molecule has 0 aliphatic heterocycles. The normalized spacial score (nSPS) is 12.0. The second-order valence-corrected chi connectivity index (χ2v) is 7.87. The van der Waals surface area contributed by atoms with Gasteiger partial charge in [-0.2, -0.15) is 19.6 Å². The molecule has 10 heteroatoms. The molecule has 2 heterocycles. The predicted molar refractivity (Wildman–Crippen MR) is 113 cm³/mol. The quantitative estimate of drug-likeness (QED) is 0.554. The summed E-state index contributed by atoms with van der Waals surface area (Å²) in [5, 5.41) is 9.16. The third-order valence-corrected chi connectivity index (χ3v) is 5.13. The molecule has 8 nitrogen and oxygen atoms in total. The van der Waals surface area contributed by atoms with E-state index in [1.54, 1.807) is 22.8 Å². The highest BCUT2D eigenvalue weighted by Crippen LogP contribution is 2.21. The second kappa shape index (κ2) is 9.20. The molecule has 0 radical (unpaired) electrons.